The Morgan fingerprint density at radius 1 is 0.350 bits per heavy atom. The second-order valence-electron chi connectivity index (χ2n) is 17.7. The van der Waals surface area contributed by atoms with E-state index in [2.05, 4.69) is 68.5 Å². The van der Waals surface area contributed by atoms with Gasteiger partial charge in [0.1, 0.15) is 46.0 Å². The fraction of sp³-hybridized carbons (Fsp3) is 0.545. The fourth-order valence-corrected chi connectivity index (χ4v) is 19.7. The molecule has 0 saturated carbocycles. The van der Waals surface area contributed by atoms with Gasteiger partial charge in [0.05, 0.1) is 21.7 Å². The molecule has 16 heteroatoms. The van der Waals surface area contributed by atoms with E-state index in [1.165, 1.54) is 0 Å². The highest BCUT2D eigenvalue weighted by Gasteiger charge is 2.53. The van der Waals surface area contributed by atoms with Crippen molar-refractivity contribution in [3.8, 4) is 0 Å². The van der Waals surface area contributed by atoms with E-state index in [1.807, 2.05) is 0 Å². The third kappa shape index (κ3) is 7.44. The number of aromatic nitrogens is 4. The van der Waals surface area contributed by atoms with Crippen molar-refractivity contribution < 1.29 is 39.6 Å². The lowest BCUT2D eigenvalue weighted by atomic mass is 9.75. The largest absolute Gasteiger partial charge is 0.478 e. The van der Waals surface area contributed by atoms with Gasteiger partial charge < -0.3 is 40.4 Å². The van der Waals surface area contributed by atoms with E-state index in [-0.39, 0.29) is 66.6 Å². The number of aromatic amines is 4. The minimum Gasteiger partial charge on any atom is -0.478 e. The lowest BCUT2D eigenvalue weighted by Gasteiger charge is -2.39. The van der Waals surface area contributed by atoms with Gasteiger partial charge in [-0.25, -0.2) is 19.2 Å². The Kier molecular flexibility index (Phi) is 11.3. The molecule has 4 spiro atoms. The van der Waals surface area contributed by atoms with Crippen LogP contribution in [-0.4, -0.2) is 133 Å². The molecule has 0 radical (unpaired) electrons. The van der Waals surface area contributed by atoms with Crippen molar-refractivity contribution in [2.45, 2.75) is 73.0 Å². The van der Waals surface area contributed by atoms with E-state index in [0.717, 1.165) is 143 Å². The van der Waals surface area contributed by atoms with Gasteiger partial charge in [-0.3, -0.25) is 0 Å². The van der Waals surface area contributed by atoms with Gasteiger partial charge in [0.25, 0.3) is 0 Å². The van der Waals surface area contributed by atoms with Crippen LogP contribution in [0.1, 0.15) is 96.9 Å². The van der Waals surface area contributed by atoms with Crippen LogP contribution in [0.5, 0.6) is 0 Å². The number of carboxylic acid groups (broad SMARTS) is 4. The molecule has 4 saturated heterocycles. The van der Waals surface area contributed by atoms with Gasteiger partial charge in [0.2, 0.25) is 23.0 Å². The van der Waals surface area contributed by atoms with Crippen LogP contribution < -0.4 is 0 Å². The van der Waals surface area contributed by atoms with Gasteiger partial charge in [-0.15, -0.1) is 0 Å². The van der Waals surface area contributed by atoms with Crippen molar-refractivity contribution in [1.29, 1.82) is 0 Å². The van der Waals surface area contributed by atoms with Gasteiger partial charge in [0, 0.05) is 96.9 Å². The number of rotatable bonds is 8. The first-order valence-corrected chi connectivity index (χ1v) is 28.0. The summed E-state index contributed by atoms with van der Waals surface area (Å²) in [5.74, 6) is 4.32. The lowest BCUT2D eigenvalue weighted by molar-refractivity contribution is -0.135. The zero-order valence-corrected chi connectivity index (χ0v) is 37.1. The average Bonchev–Trinajstić information content (AvgIpc) is 4.06. The zero-order valence-electron chi connectivity index (χ0n) is 33.8. The monoisotopic (exact) mass is 896 g/mol. The van der Waals surface area contributed by atoms with Crippen LogP contribution in [0, 0.1) is 0 Å². The Hall–Kier alpha value is -3.60. The molecule has 60 heavy (non-hydrogen) atoms. The fourth-order valence-electron chi connectivity index (χ4n) is 11.3. The summed E-state index contributed by atoms with van der Waals surface area (Å²) in [6.45, 7) is 0. The maximum absolute atomic E-state index is 11.9. The maximum Gasteiger partial charge on any atom is 0.353 e. The number of fused-ring (bicyclic) bond motifs is 16. The number of carboxylic acids is 4. The molecule has 0 amide bonds. The van der Waals surface area contributed by atoms with Crippen molar-refractivity contribution in [2.75, 3.05) is 69.0 Å². The number of H-pyrrole nitrogens is 4. The first-order chi connectivity index (χ1) is 28.8. The predicted molar refractivity (Wildman–Crippen MR) is 242 cm³/mol. The highest BCUT2D eigenvalue weighted by molar-refractivity contribution is 7.98. The Bertz CT molecular complexity index is 1850. The molecule has 0 atom stereocenters. The molecule has 0 aromatic carbocycles. The second kappa shape index (κ2) is 16.3. The van der Waals surface area contributed by atoms with E-state index in [0.29, 0.717) is 0 Å². The Labute approximate surface area is 361 Å². The van der Waals surface area contributed by atoms with Crippen molar-refractivity contribution >= 4 is 67.5 Å². The van der Waals surface area contributed by atoms with Gasteiger partial charge in [0.15, 0.2) is 0 Å². The number of hydrogen-bond acceptors (Lipinski definition) is 4. The van der Waals surface area contributed by atoms with Crippen LogP contribution >= 0.6 is 0 Å². The standard InChI is InChI=1S/C44H52N4O8S4/c49-37(50)25-57-17-9-41(10-18-57)29-1-2-30(45-29)42(11-19-58(20-12-42)26-38(51)52)32-5-6-34(47-32)44(15-23-60(24-16-44)28-40(55)56)36-8-7-35(48-36)43(33-4-3-31(41)46-33)13-21-59(22-14-43)27-39(53)54/h1-8,45-48H,9-28H2/p+4. The molecule has 4 fully saturated rings. The molecular weight excluding hydrogens is 841 g/mol. The summed E-state index contributed by atoms with van der Waals surface area (Å²) in [7, 11) is -0.859. The molecule has 8 bridgehead atoms. The van der Waals surface area contributed by atoms with Crippen molar-refractivity contribution in [1.82, 2.24) is 19.9 Å². The Morgan fingerprint density at radius 2 is 0.500 bits per heavy atom. The number of hydrogen-bond donors (Lipinski definition) is 8. The summed E-state index contributed by atoms with van der Waals surface area (Å²) in [5, 5.41) is 39.0. The van der Waals surface area contributed by atoms with Crippen LogP contribution in [0.4, 0.5) is 0 Å². The highest BCUT2D eigenvalue weighted by atomic mass is 32.2. The molecule has 8 N–H and O–H groups in total. The van der Waals surface area contributed by atoms with Gasteiger partial charge >= 0.3 is 23.9 Å². The number of nitrogens with one attached hydrogen (secondary N) is 4. The highest BCUT2D eigenvalue weighted by Crippen LogP contribution is 2.51. The molecule has 4 aromatic heterocycles. The van der Waals surface area contributed by atoms with Crippen LogP contribution in [0.2, 0.25) is 0 Å². The molecule has 5 aliphatic heterocycles. The van der Waals surface area contributed by atoms with Crippen molar-refractivity contribution in [3.63, 3.8) is 0 Å². The van der Waals surface area contributed by atoms with Crippen molar-refractivity contribution in [2.24, 2.45) is 0 Å². The minimum absolute atomic E-state index is 0.192. The molecule has 5 aliphatic rings. The molecular formula is C44H56N4O8S4+4. The average molecular weight is 897 g/mol. The summed E-state index contributed by atoms with van der Waals surface area (Å²) in [6, 6.07) is 18.0. The van der Waals surface area contributed by atoms with E-state index < -0.39 is 45.5 Å². The van der Waals surface area contributed by atoms with Crippen LogP contribution in [-0.2, 0) is 84.4 Å². The number of carbonyl (C=O) groups is 4. The predicted octanol–water partition coefficient (Wildman–Crippen LogP) is 4.44. The summed E-state index contributed by atoms with van der Waals surface area (Å²) >= 11 is 0. The lowest BCUT2D eigenvalue weighted by Crippen LogP contribution is -2.43. The van der Waals surface area contributed by atoms with Gasteiger partial charge in [-0.2, -0.15) is 0 Å². The summed E-state index contributed by atoms with van der Waals surface area (Å²) < 4.78 is 0. The summed E-state index contributed by atoms with van der Waals surface area (Å²) in [6.07, 6.45) is 6.43. The molecule has 9 heterocycles. The topological polar surface area (TPSA) is 212 Å². The zero-order chi connectivity index (χ0) is 41.9. The van der Waals surface area contributed by atoms with E-state index in [1.54, 1.807) is 0 Å². The van der Waals surface area contributed by atoms with Crippen LogP contribution in [0.25, 0.3) is 0 Å². The molecule has 0 unspecified atom stereocenters. The molecule has 0 aliphatic carbocycles. The Morgan fingerprint density at radius 3 is 0.633 bits per heavy atom. The second-order valence-corrected chi connectivity index (χ2v) is 27.0. The minimum atomic E-state index is -0.745. The van der Waals surface area contributed by atoms with E-state index >= 15 is 0 Å². The van der Waals surface area contributed by atoms with Crippen LogP contribution in [0.3, 0.4) is 0 Å². The van der Waals surface area contributed by atoms with E-state index in [9.17, 15) is 39.6 Å². The molecule has 12 nitrogen and oxygen atoms in total. The van der Waals surface area contributed by atoms with Gasteiger partial charge in [-0.05, 0) is 92.1 Å². The first kappa shape index (κ1) is 41.7. The smallest absolute Gasteiger partial charge is 0.353 e. The molecule has 320 valence electrons. The number of aliphatic carboxylic acids is 4. The third-order valence-corrected chi connectivity index (χ3v) is 23.6. The molecule has 4 aromatic rings. The summed E-state index contributed by atoms with van der Waals surface area (Å²) in [4.78, 5) is 63.6. The van der Waals surface area contributed by atoms with Crippen molar-refractivity contribution in [3.05, 3.63) is 94.1 Å². The maximum atomic E-state index is 11.9. The quantitative estimate of drug-likeness (QED) is 0.118. The van der Waals surface area contributed by atoms with Crippen LogP contribution in [0.15, 0.2) is 48.5 Å². The summed E-state index contributed by atoms with van der Waals surface area (Å²) in [5.41, 5.74) is 7.37. The first-order valence-electron chi connectivity index (χ1n) is 21.1. The Balaban J connectivity index is 1.21. The SMILES string of the molecule is O=C(O)C[S+]1CCC2(CC1)c1ccc([nH]1)C1(CC[S+](CC(=O)O)CC1)c1ccc([nH]1)C1(CC[S+](CC(=O)O)CC1)c1ccc([nH]1)C1(CC[S+](CC(=O)O)CC1)c1ccc2[nH]1. The normalized spacial score (nSPS) is 32.7. The van der Waals surface area contributed by atoms with E-state index in [4.69, 9.17) is 0 Å². The third-order valence-electron chi connectivity index (χ3n) is 14.7. The molecule has 9 rings (SSSR count). The van der Waals surface area contributed by atoms with Gasteiger partial charge in [-0.1, -0.05) is 0 Å².